The summed E-state index contributed by atoms with van der Waals surface area (Å²) in [4.78, 5) is 22.4. The first-order valence-corrected chi connectivity index (χ1v) is 7.95. The normalized spacial score (nSPS) is 10.8. The van der Waals surface area contributed by atoms with E-state index in [4.69, 9.17) is 11.6 Å². The number of carbonyl (C=O) groups excluding carboxylic acids is 1. The molecule has 4 nitrogen and oxygen atoms in total. The van der Waals surface area contributed by atoms with Gasteiger partial charge in [0.1, 0.15) is 11.7 Å². The molecule has 1 aromatic heterocycles. The molecule has 0 saturated carbocycles. The molecule has 122 valence electrons. The zero-order valence-corrected chi connectivity index (χ0v) is 13.8. The Hall–Kier alpha value is -2.53. The molecule has 0 fully saturated rings. The number of fused-ring (bicyclic) bond motifs is 1. The van der Waals surface area contributed by atoms with Gasteiger partial charge in [-0.25, -0.2) is 9.37 Å². The number of nitrogens with zero attached hydrogens (tertiary/aromatic N) is 3. The molecule has 0 aliphatic heterocycles. The van der Waals surface area contributed by atoms with E-state index in [-0.39, 0.29) is 24.1 Å². The van der Waals surface area contributed by atoms with E-state index in [1.165, 1.54) is 17.2 Å². The van der Waals surface area contributed by atoms with Crippen molar-refractivity contribution in [3.05, 3.63) is 65.6 Å². The summed E-state index contributed by atoms with van der Waals surface area (Å²) in [7, 11) is 0. The van der Waals surface area contributed by atoms with Crippen LogP contribution in [0.5, 0.6) is 0 Å². The van der Waals surface area contributed by atoms with Crippen molar-refractivity contribution in [2.45, 2.75) is 13.5 Å². The largest absolute Gasteiger partial charge is 0.290 e. The molecule has 0 N–H and O–H groups in total. The summed E-state index contributed by atoms with van der Waals surface area (Å²) in [5, 5.41) is 0. The minimum Gasteiger partial charge on any atom is -0.290 e. The fourth-order valence-corrected chi connectivity index (χ4v) is 2.62. The van der Waals surface area contributed by atoms with Gasteiger partial charge in [-0.1, -0.05) is 24.3 Å². The third kappa shape index (κ3) is 3.21. The molecule has 3 rings (SSSR count). The lowest BCUT2D eigenvalue weighted by atomic mass is 10.1. The SMILES string of the molecule is Cc1cccc(F)c1CN(C(=O)CCl)c1cnc2ccccc2n1. The molecule has 0 saturated heterocycles. The Balaban J connectivity index is 2.04. The molecular weight excluding hydrogens is 329 g/mol. The molecule has 0 aliphatic carbocycles. The Morgan fingerprint density at radius 3 is 2.62 bits per heavy atom. The molecule has 3 aromatic rings. The molecule has 1 heterocycles. The average molecular weight is 344 g/mol. The van der Waals surface area contributed by atoms with Crippen LogP contribution in [0.2, 0.25) is 0 Å². The Bertz CT molecular complexity index is 880. The second kappa shape index (κ2) is 6.93. The summed E-state index contributed by atoms with van der Waals surface area (Å²) in [6, 6.07) is 12.2. The van der Waals surface area contributed by atoms with Crippen molar-refractivity contribution in [1.29, 1.82) is 0 Å². The second-order valence-corrected chi connectivity index (χ2v) is 5.63. The predicted molar refractivity (Wildman–Crippen MR) is 92.6 cm³/mol. The Kier molecular flexibility index (Phi) is 4.71. The first kappa shape index (κ1) is 16.3. The number of alkyl halides is 1. The number of aromatic nitrogens is 2. The van der Waals surface area contributed by atoms with Gasteiger partial charge in [-0.2, -0.15) is 0 Å². The molecule has 1 amide bonds. The number of halogens is 2. The molecule has 6 heteroatoms. The first-order chi connectivity index (χ1) is 11.6. The molecule has 24 heavy (non-hydrogen) atoms. The predicted octanol–water partition coefficient (Wildman–Crippen LogP) is 3.85. The zero-order valence-electron chi connectivity index (χ0n) is 13.0. The average Bonchev–Trinajstić information content (AvgIpc) is 2.60. The van der Waals surface area contributed by atoms with Crippen molar-refractivity contribution in [3.8, 4) is 0 Å². The maximum absolute atomic E-state index is 14.1. The highest BCUT2D eigenvalue weighted by atomic mass is 35.5. The number of hydrogen-bond donors (Lipinski definition) is 0. The minimum atomic E-state index is -0.365. The number of hydrogen-bond acceptors (Lipinski definition) is 3. The Morgan fingerprint density at radius 1 is 1.17 bits per heavy atom. The second-order valence-electron chi connectivity index (χ2n) is 5.37. The Morgan fingerprint density at radius 2 is 1.92 bits per heavy atom. The summed E-state index contributed by atoms with van der Waals surface area (Å²) < 4.78 is 14.1. The van der Waals surface area contributed by atoms with Gasteiger partial charge in [-0.3, -0.25) is 14.7 Å². The number of rotatable bonds is 4. The van der Waals surface area contributed by atoms with Crippen LogP contribution < -0.4 is 4.90 Å². The monoisotopic (exact) mass is 343 g/mol. The summed E-state index contributed by atoms with van der Waals surface area (Å²) >= 11 is 5.73. The van der Waals surface area contributed by atoms with Crippen LogP contribution in [0.15, 0.2) is 48.7 Å². The van der Waals surface area contributed by atoms with Crippen LogP contribution >= 0.6 is 11.6 Å². The van der Waals surface area contributed by atoms with Crippen molar-refractivity contribution in [2.24, 2.45) is 0 Å². The smallest absolute Gasteiger partial charge is 0.243 e. The number of carbonyl (C=O) groups is 1. The first-order valence-electron chi connectivity index (χ1n) is 7.42. The van der Waals surface area contributed by atoms with Gasteiger partial charge in [-0.15, -0.1) is 11.6 Å². The van der Waals surface area contributed by atoms with E-state index in [0.717, 1.165) is 11.1 Å². The highest BCUT2D eigenvalue weighted by Gasteiger charge is 2.20. The van der Waals surface area contributed by atoms with Gasteiger partial charge in [0.05, 0.1) is 23.8 Å². The molecule has 0 atom stereocenters. The van der Waals surface area contributed by atoms with Gasteiger partial charge in [-0.05, 0) is 30.7 Å². The number of amides is 1. The standard InChI is InChI=1S/C18H15ClFN3O/c1-12-5-4-6-14(20)13(12)11-23(18(24)9-19)17-10-21-15-7-2-3-8-16(15)22-17/h2-8,10H,9,11H2,1H3. The zero-order chi connectivity index (χ0) is 17.1. The van der Waals surface area contributed by atoms with Crippen LogP contribution in [0.3, 0.4) is 0 Å². The number of aryl methyl sites for hydroxylation is 1. The van der Waals surface area contributed by atoms with Gasteiger partial charge in [0.25, 0.3) is 0 Å². The highest BCUT2D eigenvalue weighted by molar-refractivity contribution is 6.29. The summed E-state index contributed by atoms with van der Waals surface area (Å²) in [6.07, 6.45) is 1.50. The van der Waals surface area contributed by atoms with Crippen molar-refractivity contribution in [1.82, 2.24) is 9.97 Å². The van der Waals surface area contributed by atoms with Crippen LogP contribution in [-0.4, -0.2) is 21.8 Å². The molecule has 2 aromatic carbocycles. The lowest BCUT2D eigenvalue weighted by Crippen LogP contribution is -2.33. The van der Waals surface area contributed by atoms with E-state index >= 15 is 0 Å². The lowest BCUT2D eigenvalue weighted by Gasteiger charge is -2.22. The van der Waals surface area contributed by atoms with Gasteiger partial charge < -0.3 is 0 Å². The summed E-state index contributed by atoms with van der Waals surface area (Å²) in [6.45, 7) is 1.85. The van der Waals surface area contributed by atoms with E-state index in [9.17, 15) is 9.18 Å². The number of para-hydroxylation sites is 2. The van der Waals surface area contributed by atoms with Crippen molar-refractivity contribution in [2.75, 3.05) is 10.8 Å². The van der Waals surface area contributed by atoms with E-state index < -0.39 is 0 Å². The maximum Gasteiger partial charge on any atom is 0.243 e. The van der Waals surface area contributed by atoms with Crippen molar-refractivity contribution < 1.29 is 9.18 Å². The quantitative estimate of drug-likeness (QED) is 0.676. The van der Waals surface area contributed by atoms with Gasteiger partial charge >= 0.3 is 0 Å². The molecule has 0 bridgehead atoms. The summed E-state index contributed by atoms with van der Waals surface area (Å²) in [5.41, 5.74) is 2.58. The fraction of sp³-hybridized carbons (Fsp3) is 0.167. The topological polar surface area (TPSA) is 46.1 Å². The van der Waals surface area contributed by atoms with E-state index in [1.54, 1.807) is 19.1 Å². The van der Waals surface area contributed by atoms with Crippen LogP contribution in [0.1, 0.15) is 11.1 Å². The van der Waals surface area contributed by atoms with E-state index in [1.807, 2.05) is 24.3 Å². The van der Waals surface area contributed by atoms with Crippen LogP contribution in [0, 0.1) is 12.7 Å². The van der Waals surface area contributed by atoms with E-state index in [2.05, 4.69) is 9.97 Å². The van der Waals surface area contributed by atoms with Gasteiger partial charge in [0, 0.05) is 5.56 Å². The number of anilines is 1. The summed E-state index contributed by atoms with van der Waals surface area (Å²) in [5.74, 6) is -0.593. The molecule has 0 aliphatic rings. The van der Waals surface area contributed by atoms with Crippen LogP contribution in [-0.2, 0) is 11.3 Å². The molecule has 0 radical (unpaired) electrons. The highest BCUT2D eigenvalue weighted by Crippen LogP contribution is 2.21. The van der Waals surface area contributed by atoms with E-state index in [0.29, 0.717) is 16.9 Å². The molecular formula is C18H15ClFN3O. The van der Waals surface area contributed by atoms with Crippen molar-refractivity contribution >= 4 is 34.4 Å². The lowest BCUT2D eigenvalue weighted by molar-refractivity contribution is -0.116. The number of benzene rings is 2. The Labute approximate surface area is 143 Å². The van der Waals surface area contributed by atoms with Gasteiger partial charge in [0.2, 0.25) is 5.91 Å². The minimum absolute atomic E-state index is 0.0527. The van der Waals surface area contributed by atoms with Gasteiger partial charge in [0.15, 0.2) is 5.82 Å². The van der Waals surface area contributed by atoms with Crippen LogP contribution in [0.25, 0.3) is 11.0 Å². The third-order valence-corrected chi connectivity index (χ3v) is 4.03. The third-order valence-electron chi connectivity index (χ3n) is 3.80. The van der Waals surface area contributed by atoms with Crippen molar-refractivity contribution in [3.63, 3.8) is 0 Å². The maximum atomic E-state index is 14.1. The molecule has 0 spiro atoms. The fourth-order valence-electron chi connectivity index (χ4n) is 2.47. The molecule has 0 unspecified atom stereocenters. The van der Waals surface area contributed by atoms with Crippen LogP contribution in [0.4, 0.5) is 10.2 Å².